The topological polar surface area (TPSA) is 79.9 Å². The molecule has 7 heteroatoms. The van der Waals surface area contributed by atoms with Gasteiger partial charge in [-0.3, -0.25) is 10.1 Å². The number of hydrogen-bond acceptors (Lipinski definition) is 5. The van der Waals surface area contributed by atoms with Crippen LogP contribution in [0.3, 0.4) is 0 Å². The number of nitrogens with one attached hydrogen (secondary N) is 2. The summed E-state index contributed by atoms with van der Waals surface area (Å²) in [6.07, 6.45) is 2.42. The van der Waals surface area contributed by atoms with Crippen LogP contribution in [0.25, 0.3) is 11.0 Å². The minimum Gasteiger partial charge on any atom is -0.375 e. The van der Waals surface area contributed by atoms with E-state index in [0.29, 0.717) is 23.9 Å². The highest BCUT2D eigenvalue weighted by Gasteiger charge is 2.17. The largest absolute Gasteiger partial charge is 0.375 e. The standard InChI is InChI=1S/C14H12N4O2S/c19-13(8-1-2-9-11(5-8)16-7-15-9)18-14-17-10-3-4-20-6-12(10)21-14/h1-2,5,7H,3-4,6H2,(H,15,16)(H,17,18,19). The zero-order chi connectivity index (χ0) is 14.2. The van der Waals surface area contributed by atoms with Crippen molar-refractivity contribution >= 4 is 33.4 Å². The molecule has 0 spiro atoms. The molecule has 2 N–H and O–H groups in total. The van der Waals surface area contributed by atoms with Crippen LogP contribution in [0.4, 0.5) is 5.13 Å². The Labute approximate surface area is 124 Å². The molecule has 0 radical (unpaired) electrons. The van der Waals surface area contributed by atoms with Crippen LogP contribution >= 0.6 is 11.3 Å². The van der Waals surface area contributed by atoms with Crippen LogP contribution in [0.15, 0.2) is 24.5 Å². The number of fused-ring (bicyclic) bond motifs is 2. The molecule has 0 fully saturated rings. The van der Waals surface area contributed by atoms with Crippen molar-refractivity contribution in [3.8, 4) is 0 Å². The maximum atomic E-state index is 12.3. The lowest BCUT2D eigenvalue weighted by Gasteiger charge is -2.08. The van der Waals surface area contributed by atoms with Crippen molar-refractivity contribution in [2.45, 2.75) is 13.0 Å². The minimum absolute atomic E-state index is 0.168. The number of nitrogens with zero attached hydrogens (tertiary/aromatic N) is 2. The van der Waals surface area contributed by atoms with Gasteiger partial charge >= 0.3 is 0 Å². The summed E-state index contributed by atoms with van der Waals surface area (Å²) in [7, 11) is 0. The molecule has 1 aromatic carbocycles. The smallest absolute Gasteiger partial charge is 0.257 e. The summed E-state index contributed by atoms with van der Waals surface area (Å²) in [5.74, 6) is -0.168. The van der Waals surface area contributed by atoms with Crippen LogP contribution < -0.4 is 5.32 Å². The van der Waals surface area contributed by atoms with E-state index < -0.39 is 0 Å². The molecule has 2 aromatic heterocycles. The van der Waals surface area contributed by atoms with Gasteiger partial charge in [-0.15, -0.1) is 0 Å². The monoisotopic (exact) mass is 300 g/mol. The molecule has 0 saturated heterocycles. The number of benzene rings is 1. The quantitative estimate of drug-likeness (QED) is 0.761. The Morgan fingerprint density at radius 2 is 2.38 bits per heavy atom. The van der Waals surface area contributed by atoms with Crippen LogP contribution in [0.5, 0.6) is 0 Å². The third-order valence-corrected chi connectivity index (χ3v) is 4.38. The van der Waals surface area contributed by atoms with E-state index in [1.807, 2.05) is 6.07 Å². The maximum absolute atomic E-state index is 12.3. The summed E-state index contributed by atoms with van der Waals surface area (Å²) in [5, 5.41) is 3.48. The molecule has 1 amide bonds. The number of aromatic nitrogens is 3. The zero-order valence-electron chi connectivity index (χ0n) is 11.0. The molecular weight excluding hydrogens is 288 g/mol. The second-order valence-corrected chi connectivity index (χ2v) is 5.86. The first kappa shape index (κ1) is 12.5. The normalized spacial score (nSPS) is 14.1. The number of carbonyl (C=O) groups excluding carboxylic acids is 1. The van der Waals surface area contributed by atoms with Gasteiger partial charge in [0.05, 0.1) is 41.1 Å². The van der Waals surface area contributed by atoms with Crippen molar-refractivity contribution in [1.29, 1.82) is 0 Å². The summed E-state index contributed by atoms with van der Waals surface area (Å²) in [4.78, 5) is 25.0. The minimum atomic E-state index is -0.168. The first-order chi connectivity index (χ1) is 10.3. The van der Waals surface area contributed by atoms with Crippen molar-refractivity contribution in [3.63, 3.8) is 0 Å². The molecule has 0 bridgehead atoms. The highest BCUT2D eigenvalue weighted by Crippen LogP contribution is 2.27. The molecule has 0 unspecified atom stereocenters. The molecule has 3 aromatic rings. The van der Waals surface area contributed by atoms with Crippen LogP contribution in [0.1, 0.15) is 20.9 Å². The van der Waals surface area contributed by atoms with Crippen LogP contribution in [0.2, 0.25) is 0 Å². The fraction of sp³-hybridized carbons (Fsp3) is 0.214. The molecule has 0 aliphatic carbocycles. The third kappa shape index (κ3) is 2.30. The SMILES string of the molecule is O=C(Nc1nc2c(s1)COCC2)c1ccc2nc[nH]c2c1. The van der Waals surface area contributed by atoms with Crippen molar-refractivity contribution < 1.29 is 9.53 Å². The van der Waals surface area contributed by atoms with Gasteiger partial charge in [0.1, 0.15) is 0 Å². The lowest BCUT2D eigenvalue weighted by Crippen LogP contribution is -2.12. The Morgan fingerprint density at radius 3 is 3.29 bits per heavy atom. The Morgan fingerprint density at radius 1 is 1.43 bits per heavy atom. The van der Waals surface area contributed by atoms with Gasteiger partial charge < -0.3 is 9.72 Å². The van der Waals surface area contributed by atoms with Crippen molar-refractivity contribution in [2.24, 2.45) is 0 Å². The lowest BCUT2D eigenvalue weighted by molar-refractivity contribution is 0.102. The van der Waals surface area contributed by atoms with Crippen molar-refractivity contribution in [2.75, 3.05) is 11.9 Å². The second-order valence-electron chi connectivity index (χ2n) is 4.78. The average molecular weight is 300 g/mol. The Balaban J connectivity index is 1.58. The predicted molar refractivity (Wildman–Crippen MR) is 79.5 cm³/mol. The van der Waals surface area contributed by atoms with Crippen LogP contribution in [-0.2, 0) is 17.8 Å². The number of anilines is 1. The van der Waals surface area contributed by atoms with E-state index in [0.717, 1.165) is 28.0 Å². The highest BCUT2D eigenvalue weighted by molar-refractivity contribution is 7.15. The van der Waals surface area contributed by atoms with Gasteiger partial charge in [-0.2, -0.15) is 0 Å². The third-order valence-electron chi connectivity index (χ3n) is 3.40. The van der Waals surface area contributed by atoms with Gasteiger partial charge in [0.25, 0.3) is 5.91 Å². The first-order valence-electron chi connectivity index (χ1n) is 6.60. The van der Waals surface area contributed by atoms with E-state index >= 15 is 0 Å². The Kier molecular flexibility index (Phi) is 2.94. The maximum Gasteiger partial charge on any atom is 0.257 e. The van der Waals surface area contributed by atoms with E-state index in [1.165, 1.54) is 11.3 Å². The van der Waals surface area contributed by atoms with Gasteiger partial charge in [-0.1, -0.05) is 11.3 Å². The molecule has 4 rings (SSSR count). The second kappa shape index (κ2) is 4.94. The van der Waals surface area contributed by atoms with E-state index in [9.17, 15) is 4.79 Å². The fourth-order valence-electron chi connectivity index (χ4n) is 2.32. The number of thiazole rings is 1. The number of H-pyrrole nitrogens is 1. The molecule has 1 aliphatic heterocycles. The van der Waals surface area contributed by atoms with Gasteiger partial charge in [-0.05, 0) is 18.2 Å². The number of aromatic amines is 1. The highest BCUT2D eigenvalue weighted by atomic mass is 32.1. The summed E-state index contributed by atoms with van der Waals surface area (Å²) < 4.78 is 5.38. The van der Waals surface area contributed by atoms with Gasteiger partial charge in [0.15, 0.2) is 5.13 Å². The molecule has 0 saturated carbocycles. The first-order valence-corrected chi connectivity index (χ1v) is 7.42. The van der Waals surface area contributed by atoms with Crippen molar-refractivity contribution in [3.05, 3.63) is 40.7 Å². The molecule has 0 atom stereocenters. The van der Waals surface area contributed by atoms with Gasteiger partial charge in [0, 0.05) is 12.0 Å². The van der Waals surface area contributed by atoms with Crippen molar-refractivity contribution in [1.82, 2.24) is 15.0 Å². The van der Waals surface area contributed by atoms with E-state index in [2.05, 4.69) is 20.3 Å². The van der Waals surface area contributed by atoms with Crippen LogP contribution in [0, 0.1) is 0 Å². The fourth-order valence-corrected chi connectivity index (χ4v) is 3.27. The summed E-state index contributed by atoms with van der Waals surface area (Å²) in [6, 6.07) is 5.37. The molecule has 3 heterocycles. The summed E-state index contributed by atoms with van der Waals surface area (Å²) in [6.45, 7) is 1.28. The Hall–Kier alpha value is -2.25. The van der Waals surface area contributed by atoms with Gasteiger partial charge in [0.2, 0.25) is 0 Å². The Bertz CT molecular complexity index is 800. The number of rotatable bonds is 2. The number of carbonyl (C=O) groups is 1. The van der Waals surface area contributed by atoms with E-state index in [-0.39, 0.29) is 5.91 Å². The lowest BCUT2D eigenvalue weighted by atomic mass is 10.2. The summed E-state index contributed by atoms with van der Waals surface area (Å²) >= 11 is 1.48. The molecule has 6 nitrogen and oxygen atoms in total. The van der Waals surface area contributed by atoms with Gasteiger partial charge in [-0.25, -0.2) is 9.97 Å². The number of hydrogen-bond donors (Lipinski definition) is 2. The van der Waals surface area contributed by atoms with Crippen LogP contribution in [-0.4, -0.2) is 27.5 Å². The number of imidazole rings is 1. The number of amides is 1. The molecule has 1 aliphatic rings. The predicted octanol–water partition coefficient (Wildman–Crippen LogP) is 2.34. The zero-order valence-corrected chi connectivity index (χ0v) is 11.9. The molecule has 21 heavy (non-hydrogen) atoms. The number of ether oxygens (including phenoxy) is 1. The summed E-state index contributed by atoms with van der Waals surface area (Å²) in [5.41, 5.74) is 3.30. The average Bonchev–Trinajstić information content (AvgIpc) is 3.11. The molecular formula is C14H12N4O2S. The van der Waals surface area contributed by atoms with E-state index in [4.69, 9.17) is 4.74 Å². The van der Waals surface area contributed by atoms with E-state index in [1.54, 1.807) is 18.5 Å². The molecule has 106 valence electrons.